The molecule has 0 N–H and O–H groups in total. The normalized spacial score (nSPS) is 10.4. The molecule has 0 saturated carbocycles. The Labute approximate surface area is 103 Å². The van der Waals surface area contributed by atoms with E-state index < -0.39 is 0 Å². The third-order valence-corrected chi connectivity index (χ3v) is 2.76. The number of hydrogen-bond donors (Lipinski definition) is 0. The lowest BCUT2D eigenvalue weighted by molar-refractivity contribution is 0.306. The molecule has 0 saturated heterocycles. The molecule has 0 aliphatic rings. The van der Waals surface area contributed by atoms with Crippen LogP contribution in [0.5, 0.6) is 5.75 Å². The second-order valence-corrected chi connectivity index (χ2v) is 4.36. The first-order chi connectivity index (χ1) is 7.78. The fraction of sp³-hybridized carbons (Fsp3) is 0.250. The number of ether oxygens (including phenoxy) is 1. The van der Waals surface area contributed by atoms with E-state index in [9.17, 15) is 0 Å². The van der Waals surface area contributed by atoms with Gasteiger partial charge in [-0.25, -0.2) is 0 Å². The molecule has 0 bridgehead atoms. The monoisotopic (exact) mass is 280 g/mol. The zero-order chi connectivity index (χ0) is 11.4. The molecule has 1 heterocycles. The molecule has 0 fully saturated rings. The topological polar surface area (TPSA) is 27.1 Å². The third-order valence-electron chi connectivity index (χ3n) is 2.23. The van der Waals surface area contributed by atoms with Gasteiger partial charge in [0.2, 0.25) is 0 Å². The van der Waals surface area contributed by atoms with Crippen LogP contribution in [-0.2, 0) is 13.2 Å². The summed E-state index contributed by atoms with van der Waals surface area (Å²) in [6.45, 7) is 3.51. The van der Waals surface area contributed by atoms with Crippen molar-refractivity contribution >= 4 is 15.9 Å². The summed E-state index contributed by atoms with van der Waals surface area (Å²) in [5.74, 6) is 0.868. The number of nitrogens with zero attached hydrogens (tertiary/aromatic N) is 2. The molecule has 0 atom stereocenters. The Hall–Kier alpha value is -1.29. The molecule has 0 aliphatic heterocycles. The molecule has 1 aromatic carbocycles. The van der Waals surface area contributed by atoms with Gasteiger partial charge in [0.15, 0.2) is 0 Å². The van der Waals surface area contributed by atoms with Crippen LogP contribution < -0.4 is 4.74 Å². The average molecular weight is 281 g/mol. The number of aromatic nitrogens is 2. The molecule has 2 aromatic rings. The van der Waals surface area contributed by atoms with Gasteiger partial charge >= 0.3 is 0 Å². The highest BCUT2D eigenvalue weighted by atomic mass is 79.9. The fourth-order valence-corrected chi connectivity index (χ4v) is 1.62. The smallest absolute Gasteiger partial charge is 0.119 e. The SMILES string of the molecule is CCn1cc(COc2ccc(Br)cc2)cn1. The van der Waals surface area contributed by atoms with Gasteiger partial charge in [-0.2, -0.15) is 5.10 Å². The van der Waals surface area contributed by atoms with Crippen molar-refractivity contribution in [2.45, 2.75) is 20.1 Å². The molecular formula is C12H13BrN2O. The molecule has 0 aliphatic carbocycles. The van der Waals surface area contributed by atoms with E-state index in [0.29, 0.717) is 6.61 Å². The fourth-order valence-electron chi connectivity index (χ4n) is 1.35. The molecule has 0 amide bonds. The van der Waals surface area contributed by atoms with Gasteiger partial charge in [0.1, 0.15) is 12.4 Å². The number of benzene rings is 1. The second-order valence-electron chi connectivity index (χ2n) is 3.45. The first kappa shape index (κ1) is 11.2. The Bertz CT molecular complexity index is 450. The molecule has 16 heavy (non-hydrogen) atoms. The van der Waals surface area contributed by atoms with Crippen molar-refractivity contribution in [3.05, 3.63) is 46.7 Å². The minimum Gasteiger partial charge on any atom is -0.489 e. The van der Waals surface area contributed by atoms with Crippen LogP contribution in [0.3, 0.4) is 0 Å². The lowest BCUT2D eigenvalue weighted by Crippen LogP contribution is -1.95. The summed E-state index contributed by atoms with van der Waals surface area (Å²) in [7, 11) is 0. The zero-order valence-corrected chi connectivity index (χ0v) is 10.6. The standard InChI is InChI=1S/C12H13BrN2O/c1-2-15-8-10(7-14-15)9-16-12-5-3-11(13)4-6-12/h3-8H,2,9H2,1H3. The Morgan fingerprint density at radius 2 is 2.06 bits per heavy atom. The van der Waals surface area contributed by atoms with Gasteiger partial charge < -0.3 is 4.74 Å². The van der Waals surface area contributed by atoms with E-state index in [0.717, 1.165) is 22.3 Å². The van der Waals surface area contributed by atoms with Crippen LogP contribution in [0, 0.1) is 0 Å². The molecule has 0 unspecified atom stereocenters. The first-order valence-electron chi connectivity index (χ1n) is 5.17. The number of hydrogen-bond acceptors (Lipinski definition) is 2. The van der Waals surface area contributed by atoms with Crippen molar-refractivity contribution in [2.24, 2.45) is 0 Å². The van der Waals surface area contributed by atoms with Crippen molar-refractivity contribution in [1.29, 1.82) is 0 Å². The average Bonchev–Trinajstić information content (AvgIpc) is 2.76. The van der Waals surface area contributed by atoms with E-state index in [-0.39, 0.29) is 0 Å². The van der Waals surface area contributed by atoms with E-state index in [2.05, 4.69) is 28.0 Å². The van der Waals surface area contributed by atoms with Crippen LogP contribution in [0.25, 0.3) is 0 Å². The molecule has 2 rings (SSSR count). The molecule has 0 spiro atoms. The summed E-state index contributed by atoms with van der Waals surface area (Å²) in [5, 5.41) is 4.19. The van der Waals surface area contributed by atoms with Gasteiger partial charge in [-0.15, -0.1) is 0 Å². The Kier molecular flexibility index (Phi) is 3.62. The van der Waals surface area contributed by atoms with Gasteiger partial charge in [-0.05, 0) is 31.2 Å². The quantitative estimate of drug-likeness (QED) is 0.860. The van der Waals surface area contributed by atoms with Gasteiger partial charge in [0.05, 0.1) is 6.20 Å². The maximum atomic E-state index is 5.63. The van der Waals surface area contributed by atoms with Crippen LogP contribution in [0.4, 0.5) is 0 Å². The summed E-state index contributed by atoms with van der Waals surface area (Å²) in [4.78, 5) is 0. The highest BCUT2D eigenvalue weighted by Crippen LogP contribution is 2.17. The van der Waals surface area contributed by atoms with Gasteiger partial charge in [-0.3, -0.25) is 4.68 Å². The molecular weight excluding hydrogens is 268 g/mol. The van der Waals surface area contributed by atoms with E-state index in [4.69, 9.17) is 4.74 Å². The van der Waals surface area contributed by atoms with E-state index in [1.54, 1.807) is 0 Å². The lowest BCUT2D eigenvalue weighted by atomic mass is 10.3. The summed E-state index contributed by atoms with van der Waals surface area (Å²) in [5.41, 5.74) is 1.09. The second kappa shape index (κ2) is 5.16. The molecule has 3 nitrogen and oxygen atoms in total. The number of halogens is 1. The largest absolute Gasteiger partial charge is 0.489 e. The van der Waals surface area contributed by atoms with Gasteiger partial charge in [0, 0.05) is 22.8 Å². The van der Waals surface area contributed by atoms with E-state index in [1.807, 2.05) is 41.3 Å². The van der Waals surface area contributed by atoms with E-state index in [1.165, 1.54) is 0 Å². The molecule has 0 radical (unpaired) electrons. The highest BCUT2D eigenvalue weighted by molar-refractivity contribution is 9.10. The number of rotatable bonds is 4. The van der Waals surface area contributed by atoms with Gasteiger partial charge in [0.25, 0.3) is 0 Å². The molecule has 1 aromatic heterocycles. The summed E-state index contributed by atoms with van der Waals surface area (Å²) >= 11 is 3.39. The van der Waals surface area contributed by atoms with Crippen LogP contribution in [-0.4, -0.2) is 9.78 Å². The van der Waals surface area contributed by atoms with Crippen LogP contribution >= 0.6 is 15.9 Å². The van der Waals surface area contributed by atoms with Crippen molar-refractivity contribution in [2.75, 3.05) is 0 Å². The van der Waals surface area contributed by atoms with Crippen molar-refractivity contribution in [3.63, 3.8) is 0 Å². The Morgan fingerprint density at radius 3 is 2.69 bits per heavy atom. The Morgan fingerprint density at radius 1 is 1.31 bits per heavy atom. The summed E-state index contributed by atoms with van der Waals surface area (Å²) < 4.78 is 8.57. The summed E-state index contributed by atoms with van der Waals surface area (Å²) in [6, 6.07) is 7.80. The first-order valence-corrected chi connectivity index (χ1v) is 5.97. The lowest BCUT2D eigenvalue weighted by Gasteiger charge is -2.03. The predicted octanol–water partition coefficient (Wildman–Crippen LogP) is 3.24. The third kappa shape index (κ3) is 2.85. The number of aryl methyl sites for hydroxylation is 1. The highest BCUT2D eigenvalue weighted by Gasteiger charge is 1.99. The predicted molar refractivity (Wildman–Crippen MR) is 66.4 cm³/mol. The van der Waals surface area contributed by atoms with Gasteiger partial charge in [-0.1, -0.05) is 15.9 Å². The van der Waals surface area contributed by atoms with Crippen molar-refractivity contribution < 1.29 is 4.74 Å². The molecule has 84 valence electrons. The van der Waals surface area contributed by atoms with Crippen LogP contribution in [0.2, 0.25) is 0 Å². The van der Waals surface area contributed by atoms with Crippen LogP contribution in [0.15, 0.2) is 41.1 Å². The maximum absolute atomic E-state index is 5.63. The maximum Gasteiger partial charge on any atom is 0.119 e. The Balaban J connectivity index is 1.94. The minimum absolute atomic E-state index is 0.557. The van der Waals surface area contributed by atoms with Crippen molar-refractivity contribution in [1.82, 2.24) is 9.78 Å². The van der Waals surface area contributed by atoms with Crippen molar-refractivity contribution in [3.8, 4) is 5.75 Å². The minimum atomic E-state index is 0.557. The van der Waals surface area contributed by atoms with Crippen LogP contribution in [0.1, 0.15) is 12.5 Å². The van der Waals surface area contributed by atoms with E-state index >= 15 is 0 Å². The summed E-state index contributed by atoms with van der Waals surface area (Å²) in [6.07, 6.45) is 3.83. The zero-order valence-electron chi connectivity index (χ0n) is 9.06. The molecule has 4 heteroatoms.